The van der Waals surface area contributed by atoms with Gasteiger partial charge >= 0.3 is 0 Å². The van der Waals surface area contributed by atoms with E-state index in [-0.39, 0.29) is 0 Å². The topological polar surface area (TPSA) is 9.23 Å². The van der Waals surface area contributed by atoms with Crippen molar-refractivity contribution in [1.29, 1.82) is 0 Å². The lowest BCUT2D eigenvalue weighted by molar-refractivity contribution is 0.193. The molecule has 0 unspecified atom stereocenters. The molecule has 0 aromatic rings. The standard InChI is InChI=1S/C12H20O/c1-10-7-8-11(2)12(10)6-4-5-9-13-3/h7H,4-6,8-9H2,1-3H3. The van der Waals surface area contributed by atoms with Gasteiger partial charge in [0.1, 0.15) is 0 Å². The van der Waals surface area contributed by atoms with Gasteiger partial charge in [-0.25, -0.2) is 0 Å². The molecular formula is C12H20O. The van der Waals surface area contributed by atoms with Crippen LogP contribution in [0.4, 0.5) is 0 Å². The Kier molecular flexibility index (Phi) is 4.23. The molecule has 1 aliphatic carbocycles. The predicted octanol–water partition coefficient (Wildman–Crippen LogP) is 3.47. The normalized spacial score (nSPS) is 16.7. The number of hydrogen-bond acceptors (Lipinski definition) is 1. The fourth-order valence-electron chi connectivity index (χ4n) is 1.85. The van der Waals surface area contributed by atoms with E-state index in [1.54, 1.807) is 18.3 Å². The van der Waals surface area contributed by atoms with E-state index in [9.17, 15) is 0 Å². The number of rotatable bonds is 5. The summed E-state index contributed by atoms with van der Waals surface area (Å²) in [6.07, 6.45) is 7.18. The van der Waals surface area contributed by atoms with Gasteiger partial charge in [-0.15, -0.1) is 0 Å². The van der Waals surface area contributed by atoms with Crippen LogP contribution in [-0.2, 0) is 4.74 Å². The van der Waals surface area contributed by atoms with Crippen molar-refractivity contribution in [3.05, 3.63) is 22.8 Å². The molecule has 0 saturated carbocycles. The molecule has 0 N–H and O–H groups in total. The van der Waals surface area contributed by atoms with Crippen LogP contribution in [0.3, 0.4) is 0 Å². The summed E-state index contributed by atoms with van der Waals surface area (Å²) in [4.78, 5) is 0. The molecule has 0 radical (unpaired) electrons. The van der Waals surface area contributed by atoms with Gasteiger partial charge < -0.3 is 4.74 Å². The van der Waals surface area contributed by atoms with E-state index in [4.69, 9.17) is 4.74 Å². The van der Waals surface area contributed by atoms with E-state index in [1.165, 1.54) is 31.3 Å². The minimum atomic E-state index is 0.898. The van der Waals surface area contributed by atoms with Crippen molar-refractivity contribution in [3.8, 4) is 0 Å². The number of ether oxygens (including phenoxy) is 1. The van der Waals surface area contributed by atoms with Crippen LogP contribution in [0.5, 0.6) is 0 Å². The van der Waals surface area contributed by atoms with Gasteiger partial charge in [-0.2, -0.15) is 0 Å². The van der Waals surface area contributed by atoms with E-state index in [0.29, 0.717) is 0 Å². The molecule has 0 bridgehead atoms. The van der Waals surface area contributed by atoms with Crippen molar-refractivity contribution >= 4 is 0 Å². The van der Waals surface area contributed by atoms with Crippen molar-refractivity contribution in [2.45, 2.75) is 39.5 Å². The van der Waals surface area contributed by atoms with Gasteiger partial charge in [0.2, 0.25) is 0 Å². The van der Waals surface area contributed by atoms with E-state index in [2.05, 4.69) is 19.9 Å². The molecule has 0 heterocycles. The molecule has 0 aliphatic heterocycles. The Hall–Kier alpha value is -0.560. The lowest BCUT2D eigenvalue weighted by atomic mass is 10.0. The summed E-state index contributed by atoms with van der Waals surface area (Å²) < 4.78 is 5.03. The summed E-state index contributed by atoms with van der Waals surface area (Å²) in [5.41, 5.74) is 4.65. The molecule has 0 amide bonds. The van der Waals surface area contributed by atoms with Crippen molar-refractivity contribution in [2.24, 2.45) is 0 Å². The highest BCUT2D eigenvalue weighted by Crippen LogP contribution is 2.29. The van der Waals surface area contributed by atoms with Crippen molar-refractivity contribution in [3.63, 3.8) is 0 Å². The van der Waals surface area contributed by atoms with Crippen LogP contribution in [0, 0.1) is 0 Å². The molecule has 13 heavy (non-hydrogen) atoms. The lowest BCUT2D eigenvalue weighted by Gasteiger charge is -2.06. The van der Waals surface area contributed by atoms with Crippen LogP contribution in [-0.4, -0.2) is 13.7 Å². The van der Waals surface area contributed by atoms with Gasteiger partial charge in [0.25, 0.3) is 0 Å². The molecule has 1 heteroatoms. The van der Waals surface area contributed by atoms with Crippen LogP contribution in [0.25, 0.3) is 0 Å². The van der Waals surface area contributed by atoms with Gasteiger partial charge in [0.05, 0.1) is 0 Å². The largest absolute Gasteiger partial charge is 0.385 e. The van der Waals surface area contributed by atoms with Crippen molar-refractivity contribution in [1.82, 2.24) is 0 Å². The maximum atomic E-state index is 5.03. The van der Waals surface area contributed by atoms with Gasteiger partial charge in [0, 0.05) is 13.7 Å². The zero-order valence-electron chi connectivity index (χ0n) is 9.02. The molecule has 0 aromatic carbocycles. The molecule has 0 aromatic heterocycles. The monoisotopic (exact) mass is 180 g/mol. The van der Waals surface area contributed by atoms with E-state index >= 15 is 0 Å². The second-order valence-corrected chi connectivity index (χ2v) is 3.80. The summed E-state index contributed by atoms with van der Waals surface area (Å²) in [5.74, 6) is 0. The summed E-state index contributed by atoms with van der Waals surface area (Å²) in [6, 6.07) is 0. The van der Waals surface area contributed by atoms with Crippen molar-refractivity contribution < 1.29 is 4.74 Å². The molecule has 0 saturated heterocycles. The van der Waals surface area contributed by atoms with Gasteiger partial charge in [-0.3, -0.25) is 0 Å². The minimum absolute atomic E-state index is 0.898. The molecule has 0 spiro atoms. The summed E-state index contributed by atoms with van der Waals surface area (Å²) >= 11 is 0. The second-order valence-electron chi connectivity index (χ2n) is 3.80. The quantitative estimate of drug-likeness (QED) is 0.589. The summed E-state index contributed by atoms with van der Waals surface area (Å²) in [7, 11) is 1.77. The van der Waals surface area contributed by atoms with E-state index in [1.807, 2.05) is 0 Å². The zero-order valence-corrected chi connectivity index (χ0v) is 9.02. The fourth-order valence-corrected chi connectivity index (χ4v) is 1.85. The SMILES string of the molecule is COCCCCC1=C(C)CC=C1C. The van der Waals surface area contributed by atoms with E-state index < -0.39 is 0 Å². The first-order chi connectivity index (χ1) is 6.25. The first-order valence-electron chi connectivity index (χ1n) is 5.10. The molecule has 0 fully saturated rings. The molecule has 1 rings (SSSR count). The highest BCUT2D eigenvalue weighted by atomic mass is 16.5. The first kappa shape index (κ1) is 10.5. The Balaban J connectivity index is 2.28. The minimum Gasteiger partial charge on any atom is -0.385 e. The second kappa shape index (κ2) is 5.23. The third-order valence-corrected chi connectivity index (χ3v) is 2.73. The predicted molar refractivity (Wildman–Crippen MR) is 56.8 cm³/mol. The first-order valence-corrected chi connectivity index (χ1v) is 5.10. The number of allylic oxidation sites excluding steroid dienone is 4. The molecular weight excluding hydrogens is 160 g/mol. The maximum Gasteiger partial charge on any atom is 0.0462 e. The summed E-state index contributed by atoms with van der Waals surface area (Å²) in [6.45, 7) is 5.37. The molecule has 1 nitrogen and oxygen atoms in total. The Morgan fingerprint density at radius 1 is 1.31 bits per heavy atom. The smallest absolute Gasteiger partial charge is 0.0462 e. The Bertz CT molecular complexity index is 223. The third kappa shape index (κ3) is 3.00. The molecule has 1 aliphatic rings. The number of unbranched alkanes of at least 4 members (excludes halogenated alkanes) is 1. The molecule has 0 atom stereocenters. The highest BCUT2D eigenvalue weighted by molar-refractivity contribution is 5.40. The molecule has 74 valence electrons. The average molecular weight is 180 g/mol. The van der Waals surface area contributed by atoms with Gasteiger partial charge in [-0.1, -0.05) is 17.2 Å². The number of hydrogen-bond donors (Lipinski definition) is 0. The Morgan fingerprint density at radius 3 is 2.62 bits per heavy atom. The Morgan fingerprint density at radius 2 is 2.08 bits per heavy atom. The zero-order chi connectivity index (χ0) is 9.68. The van der Waals surface area contributed by atoms with Crippen LogP contribution < -0.4 is 0 Å². The summed E-state index contributed by atoms with van der Waals surface area (Å²) in [5, 5.41) is 0. The highest BCUT2D eigenvalue weighted by Gasteiger charge is 2.09. The van der Waals surface area contributed by atoms with Crippen LogP contribution in [0.2, 0.25) is 0 Å². The van der Waals surface area contributed by atoms with Crippen LogP contribution in [0.15, 0.2) is 22.8 Å². The van der Waals surface area contributed by atoms with Crippen LogP contribution >= 0.6 is 0 Å². The maximum absolute atomic E-state index is 5.03. The average Bonchev–Trinajstić information content (AvgIpc) is 2.42. The number of methoxy groups -OCH3 is 1. The van der Waals surface area contributed by atoms with Crippen molar-refractivity contribution in [2.75, 3.05) is 13.7 Å². The van der Waals surface area contributed by atoms with Crippen LogP contribution in [0.1, 0.15) is 39.5 Å². The fraction of sp³-hybridized carbons (Fsp3) is 0.667. The van der Waals surface area contributed by atoms with E-state index in [0.717, 1.165) is 6.61 Å². The third-order valence-electron chi connectivity index (χ3n) is 2.73. The lowest BCUT2D eigenvalue weighted by Crippen LogP contribution is -1.91. The van der Waals surface area contributed by atoms with Gasteiger partial charge in [0.15, 0.2) is 0 Å². The Labute approximate surface area is 81.5 Å². The van der Waals surface area contributed by atoms with Gasteiger partial charge in [-0.05, 0) is 45.1 Å².